The fourth-order valence-corrected chi connectivity index (χ4v) is 3.67. The van der Waals surface area contributed by atoms with Crippen LogP contribution in [0.4, 0.5) is 17.5 Å². The second-order valence-electron chi connectivity index (χ2n) is 8.28. The fraction of sp³-hybridized carbons (Fsp3) is 0.381. The molecule has 4 heterocycles. The third kappa shape index (κ3) is 4.19. The largest absolute Gasteiger partial charge is 0.354 e. The lowest BCUT2D eigenvalue weighted by atomic mass is 9.93. The summed E-state index contributed by atoms with van der Waals surface area (Å²) in [6, 6.07) is 5.38. The maximum Gasteiger partial charge on any atom is 0.273 e. The molecule has 0 atom stereocenters. The third-order valence-corrected chi connectivity index (χ3v) is 5.83. The summed E-state index contributed by atoms with van der Waals surface area (Å²) < 4.78 is 1.65. The summed E-state index contributed by atoms with van der Waals surface area (Å²) in [5.41, 5.74) is 2.07. The standard InChI is InChI=1S/C21H23N9O3/c1-11(31)29-8-14(9-29)13-5-6-17-25-21(28-30(17)10-13)23-15-7-16(24-19(32)12-3-4-12)26-27-18(15)20(33)22-2/h5-7,10,12,14H,3-4,8-9H2,1-2H3,(H,22,33)(H2,23,24,26,28,32). The molecule has 1 aliphatic heterocycles. The van der Waals surface area contributed by atoms with Crippen LogP contribution in [0.3, 0.4) is 0 Å². The Morgan fingerprint density at radius 2 is 1.91 bits per heavy atom. The van der Waals surface area contributed by atoms with E-state index in [1.165, 1.54) is 7.05 Å². The predicted molar refractivity (Wildman–Crippen MR) is 118 cm³/mol. The average Bonchev–Trinajstić information content (AvgIpc) is 3.53. The number of amides is 3. The van der Waals surface area contributed by atoms with E-state index in [9.17, 15) is 14.4 Å². The molecule has 0 aromatic carbocycles. The lowest BCUT2D eigenvalue weighted by Gasteiger charge is -2.38. The number of carbonyl (C=O) groups is 3. The van der Waals surface area contributed by atoms with Gasteiger partial charge in [0.05, 0.1) is 5.69 Å². The van der Waals surface area contributed by atoms with Crippen LogP contribution in [0.5, 0.6) is 0 Å². The number of nitrogens with zero attached hydrogens (tertiary/aromatic N) is 6. The highest BCUT2D eigenvalue weighted by molar-refractivity contribution is 5.99. The molecular formula is C21H23N9O3. The topological polar surface area (TPSA) is 147 Å². The Balaban J connectivity index is 1.38. The number of nitrogens with one attached hydrogen (secondary N) is 3. The fourth-order valence-electron chi connectivity index (χ4n) is 3.67. The van der Waals surface area contributed by atoms with Crippen LogP contribution in [0.1, 0.15) is 41.7 Å². The number of pyridine rings is 1. The van der Waals surface area contributed by atoms with E-state index in [0.717, 1.165) is 18.4 Å². The summed E-state index contributed by atoms with van der Waals surface area (Å²) >= 11 is 0. The number of rotatable bonds is 6. The third-order valence-electron chi connectivity index (χ3n) is 5.83. The first-order valence-corrected chi connectivity index (χ1v) is 10.7. The summed E-state index contributed by atoms with van der Waals surface area (Å²) in [5, 5.41) is 20.7. The molecule has 0 unspecified atom stereocenters. The van der Waals surface area contributed by atoms with Crippen LogP contribution in [-0.4, -0.2) is 67.6 Å². The molecule has 0 bridgehead atoms. The van der Waals surface area contributed by atoms with Crippen LogP contribution in [0.2, 0.25) is 0 Å². The molecular weight excluding hydrogens is 426 g/mol. The lowest BCUT2D eigenvalue weighted by Crippen LogP contribution is -2.47. The van der Waals surface area contributed by atoms with Gasteiger partial charge in [-0.05, 0) is 24.5 Å². The molecule has 0 spiro atoms. The van der Waals surface area contributed by atoms with E-state index in [1.54, 1.807) is 22.4 Å². The number of hydrogen-bond donors (Lipinski definition) is 3. The summed E-state index contributed by atoms with van der Waals surface area (Å²) in [6.07, 6.45) is 3.62. The van der Waals surface area contributed by atoms with Crippen molar-refractivity contribution in [2.24, 2.45) is 5.92 Å². The molecule has 0 radical (unpaired) electrons. The number of fused-ring (bicyclic) bond motifs is 1. The first-order valence-electron chi connectivity index (χ1n) is 10.7. The van der Waals surface area contributed by atoms with Crippen molar-refractivity contribution in [3.63, 3.8) is 0 Å². The van der Waals surface area contributed by atoms with E-state index in [1.807, 2.05) is 18.3 Å². The number of likely N-dealkylation sites (tertiary alicyclic amines) is 1. The van der Waals surface area contributed by atoms with Gasteiger partial charge in [0.2, 0.25) is 17.8 Å². The monoisotopic (exact) mass is 449 g/mol. The molecule has 5 rings (SSSR count). The van der Waals surface area contributed by atoms with Crippen LogP contribution < -0.4 is 16.0 Å². The molecule has 3 aromatic rings. The Morgan fingerprint density at radius 1 is 1.12 bits per heavy atom. The van der Waals surface area contributed by atoms with Crippen LogP contribution in [-0.2, 0) is 9.59 Å². The average molecular weight is 449 g/mol. The van der Waals surface area contributed by atoms with Crippen LogP contribution >= 0.6 is 0 Å². The predicted octanol–water partition coefficient (Wildman–Crippen LogP) is 0.917. The van der Waals surface area contributed by atoms with E-state index in [4.69, 9.17) is 0 Å². The molecule has 12 nitrogen and oxygen atoms in total. The molecule has 3 N–H and O–H groups in total. The minimum absolute atomic E-state index is 0.00863. The first kappa shape index (κ1) is 20.8. The van der Waals surface area contributed by atoms with E-state index >= 15 is 0 Å². The van der Waals surface area contributed by atoms with E-state index < -0.39 is 5.91 Å². The van der Waals surface area contributed by atoms with Crippen molar-refractivity contribution in [1.82, 2.24) is 35.0 Å². The van der Waals surface area contributed by atoms with Crippen LogP contribution in [0, 0.1) is 5.92 Å². The van der Waals surface area contributed by atoms with Crippen molar-refractivity contribution in [3.05, 3.63) is 35.7 Å². The highest BCUT2D eigenvalue weighted by atomic mass is 16.2. The zero-order chi connectivity index (χ0) is 23.1. The van der Waals surface area contributed by atoms with Gasteiger partial charge in [-0.15, -0.1) is 15.3 Å². The van der Waals surface area contributed by atoms with E-state index in [-0.39, 0.29) is 41.1 Å². The highest BCUT2D eigenvalue weighted by Gasteiger charge is 2.31. The Kier molecular flexibility index (Phi) is 5.11. The van der Waals surface area contributed by atoms with Gasteiger partial charge in [0.15, 0.2) is 17.2 Å². The van der Waals surface area contributed by atoms with Crippen molar-refractivity contribution < 1.29 is 14.4 Å². The van der Waals surface area contributed by atoms with Crippen molar-refractivity contribution in [1.29, 1.82) is 0 Å². The van der Waals surface area contributed by atoms with Crippen LogP contribution in [0.25, 0.3) is 5.65 Å². The quantitative estimate of drug-likeness (QED) is 0.503. The van der Waals surface area contributed by atoms with Gasteiger partial charge < -0.3 is 20.9 Å². The number of aromatic nitrogens is 5. The molecule has 33 heavy (non-hydrogen) atoms. The second-order valence-corrected chi connectivity index (χ2v) is 8.28. The summed E-state index contributed by atoms with van der Waals surface area (Å²) in [5.74, 6) is 0.314. The molecule has 1 saturated carbocycles. The van der Waals surface area contributed by atoms with Crippen LogP contribution in [0.15, 0.2) is 24.4 Å². The smallest absolute Gasteiger partial charge is 0.273 e. The number of anilines is 3. The summed E-state index contributed by atoms with van der Waals surface area (Å²) in [4.78, 5) is 42.0. The molecule has 12 heteroatoms. The zero-order valence-corrected chi connectivity index (χ0v) is 18.2. The van der Waals surface area contributed by atoms with Gasteiger partial charge in [0, 0.05) is 51.2 Å². The maximum atomic E-state index is 12.3. The van der Waals surface area contributed by atoms with Crippen molar-refractivity contribution in [2.45, 2.75) is 25.7 Å². The highest BCUT2D eigenvalue weighted by Crippen LogP contribution is 2.31. The maximum absolute atomic E-state index is 12.3. The molecule has 3 aromatic heterocycles. The zero-order valence-electron chi connectivity index (χ0n) is 18.2. The van der Waals surface area contributed by atoms with Crippen molar-refractivity contribution in [2.75, 3.05) is 30.8 Å². The molecule has 170 valence electrons. The molecule has 2 fully saturated rings. The summed E-state index contributed by atoms with van der Waals surface area (Å²) in [7, 11) is 1.49. The molecule has 2 aliphatic rings. The van der Waals surface area contributed by atoms with E-state index in [2.05, 4.69) is 36.2 Å². The summed E-state index contributed by atoms with van der Waals surface area (Å²) in [6.45, 7) is 2.95. The normalized spacial score (nSPS) is 15.8. The van der Waals surface area contributed by atoms with Crippen molar-refractivity contribution >= 4 is 40.8 Å². The minimum atomic E-state index is -0.434. The SMILES string of the molecule is CNC(=O)c1nnc(NC(=O)C2CC2)cc1Nc1nc2ccc(C3CN(C(C)=O)C3)cn2n1. The molecule has 1 saturated heterocycles. The van der Waals surface area contributed by atoms with Crippen molar-refractivity contribution in [3.8, 4) is 0 Å². The second kappa shape index (κ2) is 8.11. The lowest BCUT2D eigenvalue weighted by molar-refractivity contribution is -0.133. The number of carbonyl (C=O) groups excluding carboxylic acids is 3. The minimum Gasteiger partial charge on any atom is -0.354 e. The Morgan fingerprint density at radius 3 is 2.61 bits per heavy atom. The van der Waals surface area contributed by atoms with Gasteiger partial charge in [0.25, 0.3) is 5.91 Å². The Labute approximate surface area is 188 Å². The van der Waals surface area contributed by atoms with E-state index in [0.29, 0.717) is 24.4 Å². The van der Waals surface area contributed by atoms with Gasteiger partial charge in [-0.1, -0.05) is 6.07 Å². The molecule has 3 amide bonds. The van der Waals surface area contributed by atoms with Gasteiger partial charge >= 0.3 is 0 Å². The Hall–Kier alpha value is -4.09. The van der Waals surface area contributed by atoms with Gasteiger partial charge in [0.1, 0.15) is 0 Å². The van der Waals surface area contributed by atoms with Gasteiger partial charge in [-0.3, -0.25) is 14.4 Å². The first-order chi connectivity index (χ1) is 15.9. The number of hydrogen-bond acceptors (Lipinski definition) is 8. The van der Waals surface area contributed by atoms with Gasteiger partial charge in [-0.2, -0.15) is 4.98 Å². The molecule has 1 aliphatic carbocycles. The Bertz CT molecular complexity index is 1260. The van der Waals surface area contributed by atoms with Gasteiger partial charge in [-0.25, -0.2) is 4.52 Å².